The first-order chi connectivity index (χ1) is 13.0. The van der Waals surface area contributed by atoms with Crippen LogP contribution in [0, 0.1) is 6.92 Å². The predicted octanol–water partition coefficient (Wildman–Crippen LogP) is 3.26. The summed E-state index contributed by atoms with van der Waals surface area (Å²) in [7, 11) is 1.75. The van der Waals surface area contributed by atoms with Crippen molar-refractivity contribution >= 4 is 5.91 Å². The van der Waals surface area contributed by atoms with Crippen molar-refractivity contribution in [1.29, 1.82) is 0 Å². The molecule has 1 fully saturated rings. The molecular weight excluding hydrogens is 340 g/mol. The van der Waals surface area contributed by atoms with Crippen molar-refractivity contribution in [3.63, 3.8) is 0 Å². The van der Waals surface area contributed by atoms with Crippen LogP contribution in [0.1, 0.15) is 43.4 Å². The van der Waals surface area contributed by atoms with E-state index in [1.54, 1.807) is 11.6 Å². The van der Waals surface area contributed by atoms with Crippen LogP contribution in [0.5, 0.6) is 5.75 Å². The van der Waals surface area contributed by atoms with Gasteiger partial charge in [0.2, 0.25) is 5.91 Å². The van der Waals surface area contributed by atoms with Crippen LogP contribution in [-0.4, -0.2) is 34.6 Å². The molecule has 1 aliphatic heterocycles. The monoisotopic (exact) mass is 368 g/mol. The number of aryl methyl sites for hydroxylation is 1. The van der Waals surface area contributed by atoms with E-state index >= 15 is 0 Å². The zero-order valence-electron chi connectivity index (χ0n) is 16.4. The normalized spacial score (nSPS) is 16.2. The number of hydrogen-bond acceptors (Lipinski definition) is 3. The molecule has 0 aliphatic carbocycles. The Morgan fingerprint density at radius 3 is 2.44 bits per heavy atom. The van der Waals surface area contributed by atoms with E-state index < -0.39 is 0 Å². The number of aromatic nitrogens is 1. The van der Waals surface area contributed by atoms with Gasteiger partial charge in [-0.05, 0) is 25.0 Å². The van der Waals surface area contributed by atoms with Crippen molar-refractivity contribution in [2.45, 2.75) is 45.1 Å². The fraction of sp³-hybridized carbons (Fsp3) is 0.455. The Morgan fingerprint density at radius 2 is 1.85 bits per heavy atom. The summed E-state index contributed by atoms with van der Waals surface area (Å²) in [6.07, 6.45) is 2.40. The number of carbonyl (C=O) groups excluding carboxylic acids is 1. The minimum atomic E-state index is -0.0801. The molecule has 144 valence electrons. The van der Waals surface area contributed by atoms with E-state index in [1.165, 1.54) is 6.07 Å². The summed E-state index contributed by atoms with van der Waals surface area (Å²) in [5.41, 5.74) is 1.89. The maximum absolute atomic E-state index is 13.0. The van der Waals surface area contributed by atoms with Gasteiger partial charge >= 0.3 is 0 Å². The number of likely N-dealkylation sites (tertiary alicyclic amines) is 1. The van der Waals surface area contributed by atoms with Crippen LogP contribution < -0.4 is 10.3 Å². The second kappa shape index (κ2) is 8.42. The molecule has 1 aromatic carbocycles. The molecule has 1 saturated heterocycles. The second-order valence-corrected chi connectivity index (χ2v) is 7.24. The van der Waals surface area contributed by atoms with E-state index in [9.17, 15) is 9.59 Å². The topological polar surface area (TPSA) is 51.5 Å². The van der Waals surface area contributed by atoms with Gasteiger partial charge in [0.15, 0.2) is 0 Å². The van der Waals surface area contributed by atoms with Gasteiger partial charge < -0.3 is 14.2 Å². The highest BCUT2D eigenvalue weighted by Crippen LogP contribution is 2.25. The second-order valence-electron chi connectivity index (χ2n) is 7.24. The quantitative estimate of drug-likeness (QED) is 0.814. The van der Waals surface area contributed by atoms with E-state index in [4.69, 9.17) is 4.74 Å². The van der Waals surface area contributed by atoms with Crippen molar-refractivity contribution < 1.29 is 9.53 Å². The lowest BCUT2D eigenvalue weighted by atomic mass is 9.94. The molecule has 2 aromatic rings. The Bertz CT molecular complexity index is 836. The molecule has 1 aromatic heterocycles. The SMILES string of the molecule is CC[C@@H](C(=O)N1CCC(Oc2cc(C)n(C)c(=O)c2)CC1)c1ccccc1. The molecule has 2 heterocycles. The molecule has 5 heteroatoms. The molecule has 0 unspecified atom stereocenters. The summed E-state index contributed by atoms with van der Waals surface area (Å²) >= 11 is 0. The van der Waals surface area contributed by atoms with E-state index in [1.807, 2.05) is 48.2 Å². The fourth-order valence-electron chi connectivity index (χ4n) is 3.65. The first-order valence-corrected chi connectivity index (χ1v) is 9.67. The number of carbonyl (C=O) groups is 1. The first-order valence-electron chi connectivity index (χ1n) is 9.67. The molecule has 0 bridgehead atoms. The molecule has 0 saturated carbocycles. The van der Waals surface area contributed by atoms with Crippen LogP contribution in [0.4, 0.5) is 0 Å². The highest BCUT2D eigenvalue weighted by molar-refractivity contribution is 5.83. The summed E-state index contributed by atoms with van der Waals surface area (Å²) in [4.78, 5) is 26.8. The lowest BCUT2D eigenvalue weighted by molar-refractivity contribution is -0.134. The Labute approximate surface area is 160 Å². The Hall–Kier alpha value is -2.56. The van der Waals surface area contributed by atoms with Crippen LogP contribution in [0.25, 0.3) is 0 Å². The average molecular weight is 368 g/mol. The average Bonchev–Trinajstić information content (AvgIpc) is 2.68. The molecule has 1 aliphatic rings. The van der Waals surface area contributed by atoms with Crippen molar-refractivity contribution in [3.8, 4) is 5.75 Å². The predicted molar refractivity (Wildman–Crippen MR) is 106 cm³/mol. The number of amides is 1. The third-order valence-corrected chi connectivity index (χ3v) is 5.44. The number of nitrogens with zero attached hydrogens (tertiary/aromatic N) is 2. The van der Waals surface area contributed by atoms with Gasteiger partial charge in [-0.3, -0.25) is 9.59 Å². The molecule has 5 nitrogen and oxygen atoms in total. The Balaban J connectivity index is 1.60. The summed E-state index contributed by atoms with van der Waals surface area (Å²) in [6.45, 7) is 5.33. The van der Waals surface area contributed by atoms with Gasteiger partial charge in [-0.1, -0.05) is 37.3 Å². The number of pyridine rings is 1. The number of hydrogen-bond donors (Lipinski definition) is 0. The number of benzene rings is 1. The first kappa shape index (κ1) is 19.2. The van der Waals surface area contributed by atoms with Gasteiger partial charge in [-0.25, -0.2) is 0 Å². The fourth-order valence-corrected chi connectivity index (χ4v) is 3.65. The minimum absolute atomic E-state index is 0.0392. The molecule has 1 amide bonds. The molecule has 0 radical (unpaired) electrons. The smallest absolute Gasteiger partial charge is 0.254 e. The Kier molecular flexibility index (Phi) is 5.99. The summed E-state index contributed by atoms with van der Waals surface area (Å²) in [5.74, 6) is 0.742. The van der Waals surface area contributed by atoms with Gasteiger partial charge in [-0.2, -0.15) is 0 Å². The zero-order valence-corrected chi connectivity index (χ0v) is 16.4. The van der Waals surface area contributed by atoms with E-state index in [0.717, 1.165) is 30.5 Å². The van der Waals surface area contributed by atoms with Crippen LogP contribution in [0.2, 0.25) is 0 Å². The van der Waals surface area contributed by atoms with Crippen molar-refractivity contribution in [3.05, 3.63) is 64.1 Å². The largest absolute Gasteiger partial charge is 0.490 e. The molecular formula is C22H28N2O3. The van der Waals surface area contributed by atoms with Crippen LogP contribution in [0.3, 0.4) is 0 Å². The van der Waals surface area contributed by atoms with Gasteiger partial charge in [0.05, 0.1) is 5.92 Å². The third kappa shape index (κ3) is 4.41. The summed E-state index contributed by atoms with van der Waals surface area (Å²) in [5, 5.41) is 0. The van der Waals surface area contributed by atoms with Crippen molar-refractivity contribution in [2.75, 3.05) is 13.1 Å². The lowest BCUT2D eigenvalue weighted by Gasteiger charge is -2.34. The number of piperidine rings is 1. The zero-order chi connectivity index (χ0) is 19.4. The van der Waals surface area contributed by atoms with Gasteiger partial charge in [0.25, 0.3) is 5.56 Å². The number of ether oxygens (including phenoxy) is 1. The summed E-state index contributed by atoms with van der Waals surface area (Å²) in [6, 6.07) is 13.4. The maximum Gasteiger partial charge on any atom is 0.254 e. The lowest BCUT2D eigenvalue weighted by Crippen LogP contribution is -2.43. The molecule has 3 rings (SSSR count). The standard InChI is InChI=1S/C22H28N2O3/c1-4-20(17-8-6-5-7-9-17)22(26)24-12-10-18(11-13-24)27-19-14-16(2)23(3)21(25)15-19/h5-9,14-15,18,20H,4,10-13H2,1-3H3/t20-/m1/s1. The third-order valence-electron chi connectivity index (χ3n) is 5.44. The van der Waals surface area contributed by atoms with E-state index in [-0.39, 0.29) is 23.5 Å². The molecule has 1 atom stereocenters. The molecule has 0 spiro atoms. The van der Waals surface area contributed by atoms with Crippen LogP contribution >= 0.6 is 0 Å². The van der Waals surface area contributed by atoms with E-state index in [2.05, 4.69) is 6.92 Å². The van der Waals surface area contributed by atoms with Crippen molar-refractivity contribution in [1.82, 2.24) is 9.47 Å². The molecule has 27 heavy (non-hydrogen) atoms. The van der Waals surface area contributed by atoms with Crippen LogP contribution in [-0.2, 0) is 11.8 Å². The maximum atomic E-state index is 13.0. The van der Waals surface area contributed by atoms with E-state index in [0.29, 0.717) is 18.8 Å². The summed E-state index contributed by atoms with van der Waals surface area (Å²) < 4.78 is 7.62. The Morgan fingerprint density at radius 1 is 1.19 bits per heavy atom. The highest BCUT2D eigenvalue weighted by atomic mass is 16.5. The van der Waals surface area contributed by atoms with Gasteiger partial charge in [0.1, 0.15) is 11.9 Å². The highest BCUT2D eigenvalue weighted by Gasteiger charge is 2.29. The molecule has 0 N–H and O–H groups in total. The van der Waals surface area contributed by atoms with Gasteiger partial charge in [-0.15, -0.1) is 0 Å². The number of rotatable bonds is 5. The van der Waals surface area contributed by atoms with Crippen molar-refractivity contribution in [2.24, 2.45) is 7.05 Å². The van der Waals surface area contributed by atoms with Gasteiger partial charge in [0, 0.05) is 44.7 Å². The minimum Gasteiger partial charge on any atom is -0.490 e. The van der Waals surface area contributed by atoms with Crippen LogP contribution in [0.15, 0.2) is 47.3 Å².